The van der Waals surface area contributed by atoms with Gasteiger partial charge in [0.15, 0.2) is 0 Å². The predicted octanol–water partition coefficient (Wildman–Crippen LogP) is 1.23. The minimum Gasteiger partial charge on any atom is -0.356 e. The summed E-state index contributed by atoms with van der Waals surface area (Å²) in [5.41, 5.74) is 1.93. The van der Waals surface area contributed by atoms with Crippen molar-refractivity contribution in [3.8, 4) is 11.4 Å². The van der Waals surface area contributed by atoms with Crippen molar-refractivity contribution < 1.29 is 14.1 Å². The van der Waals surface area contributed by atoms with Crippen LogP contribution in [0.1, 0.15) is 24.8 Å². The molecule has 2 amide bonds. The van der Waals surface area contributed by atoms with Crippen LogP contribution in [0.25, 0.3) is 11.4 Å². The molecule has 0 saturated carbocycles. The molecule has 0 atom stereocenters. The first kappa shape index (κ1) is 16.7. The zero-order chi connectivity index (χ0) is 16.7. The molecule has 1 aromatic heterocycles. The van der Waals surface area contributed by atoms with Gasteiger partial charge in [-0.3, -0.25) is 9.59 Å². The number of amides is 2. The monoisotopic (exact) mass is 316 g/mol. The van der Waals surface area contributed by atoms with Gasteiger partial charge in [-0.25, -0.2) is 0 Å². The molecule has 122 valence electrons. The van der Waals surface area contributed by atoms with Crippen molar-refractivity contribution in [1.82, 2.24) is 20.8 Å². The second kappa shape index (κ2) is 8.07. The number of hydrogen-bond donors (Lipinski definition) is 2. The third kappa shape index (κ3) is 5.21. The van der Waals surface area contributed by atoms with Gasteiger partial charge >= 0.3 is 0 Å². The molecule has 0 unspecified atom stereocenters. The van der Waals surface area contributed by atoms with Gasteiger partial charge in [-0.1, -0.05) is 29.4 Å². The molecule has 0 bridgehead atoms. The molecule has 23 heavy (non-hydrogen) atoms. The number of rotatable bonds is 7. The lowest BCUT2D eigenvalue weighted by Gasteiger charge is -2.03. The average Bonchev–Trinajstić information content (AvgIpc) is 2.95. The summed E-state index contributed by atoms with van der Waals surface area (Å²) < 4.78 is 5.12. The SMILES string of the molecule is CC(=O)NCCCNC(=O)Cc1nc(-c2ccccc2C)no1. The fourth-order valence-corrected chi connectivity index (χ4v) is 2.04. The number of carbonyl (C=O) groups excluding carboxylic acids is 2. The Bertz CT molecular complexity index is 681. The molecule has 0 radical (unpaired) electrons. The molecule has 2 N–H and O–H groups in total. The zero-order valence-corrected chi connectivity index (χ0v) is 13.3. The number of aromatic nitrogens is 2. The van der Waals surface area contributed by atoms with E-state index in [9.17, 15) is 9.59 Å². The van der Waals surface area contributed by atoms with Crippen LogP contribution in [0, 0.1) is 6.92 Å². The van der Waals surface area contributed by atoms with E-state index in [1.165, 1.54) is 6.92 Å². The van der Waals surface area contributed by atoms with E-state index in [4.69, 9.17) is 4.52 Å². The summed E-state index contributed by atoms with van der Waals surface area (Å²) in [5, 5.41) is 9.33. The van der Waals surface area contributed by atoms with Gasteiger partial charge in [0.1, 0.15) is 6.42 Å². The van der Waals surface area contributed by atoms with E-state index in [-0.39, 0.29) is 24.1 Å². The van der Waals surface area contributed by atoms with Gasteiger partial charge in [0.25, 0.3) is 0 Å². The Morgan fingerprint density at radius 3 is 2.65 bits per heavy atom. The lowest BCUT2D eigenvalue weighted by atomic mass is 10.1. The number of hydrogen-bond acceptors (Lipinski definition) is 5. The Morgan fingerprint density at radius 2 is 1.91 bits per heavy atom. The first-order valence-electron chi connectivity index (χ1n) is 7.46. The molecule has 0 aliphatic rings. The zero-order valence-electron chi connectivity index (χ0n) is 13.3. The molecule has 1 aromatic carbocycles. The van der Waals surface area contributed by atoms with Crippen molar-refractivity contribution in [2.75, 3.05) is 13.1 Å². The Morgan fingerprint density at radius 1 is 1.17 bits per heavy atom. The normalized spacial score (nSPS) is 10.3. The second-order valence-electron chi connectivity index (χ2n) is 5.19. The standard InChI is InChI=1S/C16H20N4O3/c1-11-6-3-4-7-13(11)16-19-15(23-20-16)10-14(22)18-9-5-8-17-12(2)21/h3-4,6-7H,5,8-10H2,1-2H3,(H,17,21)(H,18,22). The molecule has 0 fully saturated rings. The summed E-state index contributed by atoms with van der Waals surface area (Å²) in [6.45, 7) is 4.44. The van der Waals surface area contributed by atoms with Crippen LogP contribution in [0.4, 0.5) is 0 Å². The maximum atomic E-state index is 11.8. The van der Waals surface area contributed by atoms with E-state index >= 15 is 0 Å². The topological polar surface area (TPSA) is 97.1 Å². The summed E-state index contributed by atoms with van der Waals surface area (Å²) in [6, 6.07) is 7.72. The van der Waals surface area contributed by atoms with E-state index in [2.05, 4.69) is 20.8 Å². The molecular formula is C16H20N4O3. The Hall–Kier alpha value is -2.70. The number of nitrogens with one attached hydrogen (secondary N) is 2. The highest BCUT2D eigenvalue weighted by molar-refractivity contribution is 5.77. The third-order valence-electron chi connectivity index (χ3n) is 3.22. The largest absolute Gasteiger partial charge is 0.356 e. The minimum absolute atomic E-state index is 0.0407. The Labute approximate surface area is 134 Å². The van der Waals surface area contributed by atoms with E-state index in [0.717, 1.165) is 11.1 Å². The predicted molar refractivity (Wildman–Crippen MR) is 84.5 cm³/mol. The van der Waals surface area contributed by atoms with Crippen molar-refractivity contribution in [1.29, 1.82) is 0 Å². The Kier molecular flexibility index (Phi) is 5.85. The summed E-state index contributed by atoms with van der Waals surface area (Å²) in [4.78, 5) is 26.7. The highest BCUT2D eigenvalue weighted by Gasteiger charge is 2.13. The maximum Gasteiger partial charge on any atom is 0.236 e. The second-order valence-corrected chi connectivity index (χ2v) is 5.19. The van der Waals surface area contributed by atoms with Crippen LogP contribution in [-0.4, -0.2) is 35.0 Å². The Balaban J connectivity index is 1.81. The van der Waals surface area contributed by atoms with Crippen molar-refractivity contribution in [2.45, 2.75) is 26.7 Å². The highest BCUT2D eigenvalue weighted by atomic mass is 16.5. The van der Waals surface area contributed by atoms with E-state index in [1.807, 2.05) is 31.2 Å². The smallest absolute Gasteiger partial charge is 0.236 e. The van der Waals surface area contributed by atoms with Crippen LogP contribution >= 0.6 is 0 Å². The molecule has 0 spiro atoms. The van der Waals surface area contributed by atoms with E-state index in [0.29, 0.717) is 25.3 Å². The van der Waals surface area contributed by atoms with Crippen molar-refractivity contribution in [2.24, 2.45) is 0 Å². The van der Waals surface area contributed by atoms with Crippen molar-refractivity contribution in [3.05, 3.63) is 35.7 Å². The van der Waals surface area contributed by atoms with Gasteiger partial charge in [0, 0.05) is 25.6 Å². The average molecular weight is 316 g/mol. The first-order valence-corrected chi connectivity index (χ1v) is 7.46. The molecule has 7 nitrogen and oxygen atoms in total. The summed E-state index contributed by atoms with van der Waals surface area (Å²) in [6.07, 6.45) is 0.711. The molecule has 0 aliphatic heterocycles. The molecule has 0 aliphatic carbocycles. The van der Waals surface area contributed by atoms with Gasteiger partial charge in [-0.15, -0.1) is 0 Å². The van der Waals surface area contributed by atoms with Gasteiger partial charge in [0.05, 0.1) is 0 Å². The van der Waals surface area contributed by atoms with Gasteiger partial charge < -0.3 is 15.2 Å². The van der Waals surface area contributed by atoms with Crippen molar-refractivity contribution >= 4 is 11.8 Å². The fraction of sp³-hybridized carbons (Fsp3) is 0.375. The van der Waals surface area contributed by atoms with Crippen LogP contribution in [0.5, 0.6) is 0 Å². The van der Waals surface area contributed by atoms with Crippen LogP contribution in [0.2, 0.25) is 0 Å². The number of aryl methyl sites for hydroxylation is 1. The molecular weight excluding hydrogens is 296 g/mol. The van der Waals surface area contributed by atoms with Crippen LogP contribution in [0.15, 0.2) is 28.8 Å². The highest BCUT2D eigenvalue weighted by Crippen LogP contribution is 2.19. The van der Waals surface area contributed by atoms with E-state index < -0.39 is 0 Å². The van der Waals surface area contributed by atoms with Crippen LogP contribution < -0.4 is 10.6 Å². The molecule has 2 aromatic rings. The number of carbonyl (C=O) groups is 2. The lowest BCUT2D eigenvalue weighted by molar-refractivity contribution is -0.120. The molecule has 0 saturated heterocycles. The molecule has 7 heteroatoms. The maximum absolute atomic E-state index is 11.8. The van der Waals surface area contributed by atoms with Crippen LogP contribution in [0.3, 0.4) is 0 Å². The van der Waals surface area contributed by atoms with Crippen molar-refractivity contribution in [3.63, 3.8) is 0 Å². The molecule has 2 rings (SSSR count). The number of benzene rings is 1. The summed E-state index contributed by atoms with van der Waals surface area (Å²) >= 11 is 0. The first-order chi connectivity index (χ1) is 11.1. The van der Waals surface area contributed by atoms with Gasteiger partial charge in [-0.05, 0) is 18.9 Å². The van der Waals surface area contributed by atoms with E-state index in [1.54, 1.807) is 0 Å². The van der Waals surface area contributed by atoms with Gasteiger partial charge in [-0.2, -0.15) is 4.98 Å². The summed E-state index contributed by atoms with van der Waals surface area (Å²) in [5.74, 6) is 0.498. The third-order valence-corrected chi connectivity index (χ3v) is 3.22. The fourth-order valence-electron chi connectivity index (χ4n) is 2.04. The van der Waals surface area contributed by atoms with Gasteiger partial charge in [0.2, 0.25) is 23.5 Å². The minimum atomic E-state index is -0.187. The number of nitrogens with zero attached hydrogens (tertiary/aromatic N) is 2. The quantitative estimate of drug-likeness (QED) is 0.749. The summed E-state index contributed by atoms with van der Waals surface area (Å²) in [7, 11) is 0. The lowest BCUT2D eigenvalue weighted by Crippen LogP contribution is -2.29. The van der Waals surface area contributed by atoms with Crippen LogP contribution in [-0.2, 0) is 16.0 Å². The molecule has 1 heterocycles.